The molecular formula is C14H20N2O2S. The maximum absolute atomic E-state index is 11.8. The van der Waals surface area contributed by atoms with Gasteiger partial charge in [0.2, 0.25) is 5.91 Å². The second kappa shape index (κ2) is 6.70. The van der Waals surface area contributed by atoms with Crippen molar-refractivity contribution in [3.05, 3.63) is 24.3 Å². The number of benzene rings is 1. The highest BCUT2D eigenvalue weighted by atomic mass is 32.2. The monoisotopic (exact) mass is 280 g/mol. The summed E-state index contributed by atoms with van der Waals surface area (Å²) in [6, 6.07) is 8.08. The molecule has 0 aromatic heterocycles. The molecule has 0 bridgehead atoms. The van der Waals surface area contributed by atoms with Gasteiger partial charge in [-0.3, -0.25) is 4.79 Å². The summed E-state index contributed by atoms with van der Waals surface area (Å²) in [6.07, 6.45) is 1.96. The quantitative estimate of drug-likeness (QED) is 0.840. The van der Waals surface area contributed by atoms with Crippen LogP contribution in [0.1, 0.15) is 0 Å². The molecule has 0 spiro atoms. The zero-order chi connectivity index (χ0) is 13.7. The number of nitrogens with zero attached hydrogens (tertiary/aromatic N) is 2. The van der Waals surface area contributed by atoms with Crippen molar-refractivity contribution in [1.29, 1.82) is 0 Å². The summed E-state index contributed by atoms with van der Waals surface area (Å²) in [6.45, 7) is 3.41. The Morgan fingerprint density at radius 2 is 1.84 bits per heavy atom. The van der Waals surface area contributed by atoms with E-state index >= 15 is 0 Å². The second-order valence-electron chi connectivity index (χ2n) is 4.50. The van der Waals surface area contributed by atoms with E-state index in [2.05, 4.69) is 17.0 Å². The van der Waals surface area contributed by atoms with Crippen LogP contribution in [0.2, 0.25) is 0 Å². The lowest BCUT2D eigenvalue weighted by Gasteiger charge is -2.36. The predicted molar refractivity (Wildman–Crippen MR) is 80.2 cm³/mol. The number of hydrogen-bond acceptors (Lipinski definition) is 4. The fraction of sp³-hybridized carbons (Fsp3) is 0.500. The summed E-state index contributed by atoms with van der Waals surface area (Å²) in [7, 11) is 1.67. The van der Waals surface area contributed by atoms with E-state index in [1.165, 1.54) is 5.69 Å². The van der Waals surface area contributed by atoms with Crippen molar-refractivity contribution in [2.45, 2.75) is 0 Å². The first-order chi connectivity index (χ1) is 9.24. The third-order valence-corrected chi connectivity index (χ3v) is 3.87. The number of methoxy groups -OCH3 is 1. The summed E-state index contributed by atoms with van der Waals surface area (Å²) in [5.41, 5.74) is 1.19. The van der Waals surface area contributed by atoms with Crippen molar-refractivity contribution in [3.63, 3.8) is 0 Å². The Kier molecular flexibility index (Phi) is 4.96. The lowest BCUT2D eigenvalue weighted by atomic mass is 10.2. The van der Waals surface area contributed by atoms with Crippen LogP contribution in [0.25, 0.3) is 0 Å². The van der Waals surface area contributed by atoms with E-state index in [0.717, 1.165) is 31.9 Å². The molecule has 19 heavy (non-hydrogen) atoms. The zero-order valence-corrected chi connectivity index (χ0v) is 12.3. The molecule has 1 heterocycles. The van der Waals surface area contributed by atoms with Gasteiger partial charge in [-0.15, -0.1) is 0 Å². The molecule has 1 fully saturated rings. The van der Waals surface area contributed by atoms with Crippen molar-refractivity contribution in [1.82, 2.24) is 4.90 Å². The SMILES string of the molecule is COc1ccc(N2CCN(C(=O)CSC)CC2)cc1. The Morgan fingerprint density at radius 1 is 1.21 bits per heavy atom. The number of amides is 1. The number of anilines is 1. The Labute approximate surface area is 118 Å². The molecule has 1 amide bonds. The zero-order valence-electron chi connectivity index (χ0n) is 11.5. The summed E-state index contributed by atoms with van der Waals surface area (Å²) < 4.78 is 5.16. The first kappa shape index (κ1) is 14.1. The van der Waals surface area contributed by atoms with Gasteiger partial charge < -0.3 is 14.5 Å². The van der Waals surface area contributed by atoms with Gasteiger partial charge in [0, 0.05) is 31.9 Å². The molecule has 0 unspecified atom stereocenters. The van der Waals surface area contributed by atoms with Crippen molar-refractivity contribution >= 4 is 23.4 Å². The van der Waals surface area contributed by atoms with E-state index in [1.54, 1.807) is 18.9 Å². The number of hydrogen-bond donors (Lipinski definition) is 0. The van der Waals surface area contributed by atoms with Gasteiger partial charge in [-0.1, -0.05) is 0 Å². The molecule has 2 rings (SSSR count). The van der Waals surface area contributed by atoms with Crippen LogP contribution >= 0.6 is 11.8 Å². The molecule has 1 aliphatic heterocycles. The minimum Gasteiger partial charge on any atom is -0.497 e. The summed E-state index contributed by atoms with van der Waals surface area (Å²) in [5, 5.41) is 0. The number of carbonyl (C=O) groups excluding carboxylic acids is 1. The number of carbonyl (C=O) groups is 1. The van der Waals surface area contributed by atoms with Crippen molar-refractivity contribution in [2.75, 3.05) is 50.2 Å². The Bertz CT molecular complexity index is 414. The minimum atomic E-state index is 0.252. The second-order valence-corrected chi connectivity index (χ2v) is 5.36. The lowest BCUT2D eigenvalue weighted by Crippen LogP contribution is -2.49. The normalized spacial score (nSPS) is 15.5. The minimum absolute atomic E-state index is 0.252. The van der Waals surface area contributed by atoms with E-state index in [1.807, 2.05) is 23.3 Å². The van der Waals surface area contributed by atoms with Crippen molar-refractivity contribution < 1.29 is 9.53 Å². The highest BCUT2D eigenvalue weighted by molar-refractivity contribution is 7.99. The number of rotatable bonds is 4. The highest BCUT2D eigenvalue weighted by Crippen LogP contribution is 2.20. The average molecular weight is 280 g/mol. The van der Waals surface area contributed by atoms with Crippen LogP contribution in [0, 0.1) is 0 Å². The van der Waals surface area contributed by atoms with Gasteiger partial charge in [-0.05, 0) is 30.5 Å². The van der Waals surface area contributed by atoms with E-state index in [9.17, 15) is 4.79 Å². The summed E-state index contributed by atoms with van der Waals surface area (Å²) in [5.74, 6) is 1.71. The highest BCUT2D eigenvalue weighted by Gasteiger charge is 2.20. The van der Waals surface area contributed by atoms with Crippen molar-refractivity contribution in [2.24, 2.45) is 0 Å². The molecule has 0 N–H and O–H groups in total. The van der Waals surface area contributed by atoms with E-state index in [-0.39, 0.29) is 5.91 Å². The average Bonchev–Trinajstić information content (AvgIpc) is 2.48. The van der Waals surface area contributed by atoms with Gasteiger partial charge in [0.25, 0.3) is 0 Å². The van der Waals surface area contributed by atoms with Gasteiger partial charge in [-0.25, -0.2) is 0 Å². The molecule has 104 valence electrons. The fourth-order valence-corrected chi connectivity index (χ4v) is 2.65. The number of ether oxygens (including phenoxy) is 1. The van der Waals surface area contributed by atoms with Crippen LogP contribution in [-0.2, 0) is 4.79 Å². The van der Waals surface area contributed by atoms with Gasteiger partial charge in [0.1, 0.15) is 5.75 Å². The fourth-order valence-electron chi connectivity index (χ4n) is 2.22. The maximum atomic E-state index is 11.8. The summed E-state index contributed by atoms with van der Waals surface area (Å²) >= 11 is 1.59. The molecule has 1 saturated heterocycles. The third kappa shape index (κ3) is 3.56. The molecule has 1 aromatic carbocycles. The van der Waals surface area contributed by atoms with Crippen LogP contribution in [0.15, 0.2) is 24.3 Å². The molecule has 0 atom stereocenters. The third-order valence-electron chi connectivity index (χ3n) is 3.34. The predicted octanol–water partition coefficient (Wildman–Crippen LogP) is 1.71. The van der Waals surface area contributed by atoms with E-state index < -0.39 is 0 Å². The standard InChI is InChI=1S/C14H20N2O2S/c1-18-13-5-3-12(4-6-13)15-7-9-16(10-8-15)14(17)11-19-2/h3-6H,7-11H2,1-2H3. The molecule has 0 radical (unpaired) electrons. The van der Waals surface area contributed by atoms with E-state index in [4.69, 9.17) is 4.74 Å². The molecule has 4 nitrogen and oxygen atoms in total. The summed E-state index contributed by atoms with van der Waals surface area (Å²) in [4.78, 5) is 16.1. The smallest absolute Gasteiger partial charge is 0.232 e. The molecular weight excluding hydrogens is 260 g/mol. The van der Waals surface area contributed by atoms with Gasteiger partial charge in [0.05, 0.1) is 12.9 Å². The van der Waals surface area contributed by atoms with E-state index in [0.29, 0.717) is 5.75 Å². The molecule has 0 aliphatic carbocycles. The van der Waals surface area contributed by atoms with Crippen LogP contribution in [-0.4, -0.2) is 56.1 Å². The topological polar surface area (TPSA) is 32.8 Å². The Morgan fingerprint density at radius 3 is 2.37 bits per heavy atom. The first-order valence-electron chi connectivity index (χ1n) is 6.40. The molecule has 5 heteroatoms. The van der Waals surface area contributed by atoms with Crippen molar-refractivity contribution in [3.8, 4) is 5.75 Å². The number of thioether (sulfide) groups is 1. The van der Waals surface area contributed by atoms with Gasteiger partial charge in [0.15, 0.2) is 0 Å². The Hall–Kier alpha value is -1.36. The number of piperazine rings is 1. The molecule has 1 aliphatic rings. The largest absolute Gasteiger partial charge is 0.497 e. The van der Waals surface area contributed by atoms with Crippen LogP contribution in [0.5, 0.6) is 5.75 Å². The van der Waals surface area contributed by atoms with Crippen LogP contribution < -0.4 is 9.64 Å². The van der Waals surface area contributed by atoms with Gasteiger partial charge in [-0.2, -0.15) is 11.8 Å². The van der Waals surface area contributed by atoms with Crippen LogP contribution in [0.3, 0.4) is 0 Å². The first-order valence-corrected chi connectivity index (χ1v) is 7.79. The molecule has 0 saturated carbocycles. The Balaban J connectivity index is 1.90. The lowest BCUT2D eigenvalue weighted by molar-refractivity contribution is -0.128. The van der Waals surface area contributed by atoms with Crippen LogP contribution in [0.4, 0.5) is 5.69 Å². The maximum Gasteiger partial charge on any atom is 0.232 e. The molecule has 1 aromatic rings. The van der Waals surface area contributed by atoms with Gasteiger partial charge >= 0.3 is 0 Å².